The zero-order valence-electron chi connectivity index (χ0n) is 14.8. The SMILES string of the molecule is C/C=C\N=C/NS(=O)(=O)N(Cc1ccc(OC)cc1)c1ccnc(C)n1. The maximum atomic E-state index is 12.7. The molecule has 26 heavy (non-hydrogen) atoms. The molecule has 0 atom stereocenters. The lowest BCUT2D eigenvalue weighted by Gasteiger charge is -2.23. The molecule has 1 aromatic carbocycles. The average Bonchev–Trinajstić information content (AvgIpc) is 2.63. The van der Waals surface area contributed by atoms with E-state index in [9.17, 15) is 8.42 Å². The summed E-state index contributed by atoms with van der Waals surface area (Å²) in [6.07, 6.45) is 5.80. The Balaban J connectivity index is 2.34. The summed E-state index contributed by atoms with van der Waals surface area (Å²) in [7, 11) is -2.34. The Kier molecular flexibility index (Phi) is 6.67. The first kappa shape index (κ1) is 19.4. The number of nitrogens with zero attached hydrogens (tertiary/aromatic N) is 4. The standard InChI is InChI=1S/C17H21N5O3S/c1-4-10-18-13-20-26(23,24)22(17-9-11-19-14(2)21-17)12-15-5-7-16(25-3)8-6-15/h4-11,13H,12H2,1-3H3,(H,18,20)/b10-4-. The van der Waals surface area contributed by atoms with Gasteiger partial charge in [0.25, 0.3) is 0 Å². The van der Waals surface area contributed by atoms with E-state index in [-0.39, 0.29) is 12.4 Å². The number of benzene rings is 1. The van der Waals surface area contributed by atoms with Crippen LogP contribution in [0.4, 0.5) is 5.82 Å². The van der Waals surface area contributed by atoms with Gasteiger partial charge in [-0.2, -0.15) is 8.42 Å². The van der Waals surface area contributed by atoms with E-state index in [1.54, 1.807) is 57.4 Å². The highest BCUT2D eigenvalue weighted by Gasteiger charge is 2.23. The predicted molar refractivity (Wildman–Crippen MR) is 101 cm³/mol. The largest absolute Gasteiger partial charge is 0.497 e. The maximum absolute atomic E-state index is 12.7. The summed E-state index contributed by atoms with van der Waals surface area (Å²) in [6, 6.07) is 8.67. The zero-order chi connectivity index (χ0) is 19.0. The molecular formula is C17H21N5O3S. The molecule has 0 saturated carbocycles. The molecule has 0 amide bonds. The first-order valence-electron chi connectivity index (χ1n) is 7.81. The van der Waals surface area contributed by atoms with E-state index in [2.05, 4.69) is 19.7 Å². The van der Waals surface area contributed by atoms with Gasteiger partial charge in [-0.1, -0.05) is 18.2 Å². The van der Waals surface area contributed by atoms with Gasteiger partial charge in [0.2, 0.25) is 0 Å². The van der Waals surface area contributed by atoms with Gasteiger partial charge in [-0.3, -0.25) is 4.72 Å². The van der Waals surface area contributed by atoms with Crippen molar-refractivity contribution < 1.29 is 13.2 Å². The van der Waals surface area contributed by atoms with Crippen molar-refractivity contribution in [2.24, 2.45) is 4.99 Å². The second-order valence-electron chi connectivity index (χ2n) is 5.20. The van der Waals surface area contributed by atoms with Crippen LogP contribution < -0.4 is 13.8 Å². The molecule has 138 valence electrons. The summed E-state index contributed by atoms with van der Waals surface area (Å²) >= 11 is 0. The molecule has 0 spiro atoms. The number of aromatic nitrogens is 2. The average molecular weight is 375 g/mol. The van der Waals surface area contributed by atoms with Crippen molar-refractivity contribution in [2.45, 2.75) is 20.4 Å². The molecule has 0 aliphatic carbocycles. The highest BCUT2D eigenvalue weighted by atomic mass is 32.2. The summed E-state index contributed by atoms with van der Waals surface area (Å²) in [4.78, 5) is 12.1. The molecule has 1 N–H and O–H groups in total. The van der Waals surface area contributed by atoms with E-state index < -0.39 is 10.2 Å². The van der Waals surface area contributed by atoms with E-state index in [1.165, 1.54) is 12.4 Å². The normalized spacial score (nSPS) is 11.8. The highest BCUT2D eigenvalue weighted by Crippen LogP contribution is 2.19. The Morgan fingerprint density at radius 2 is 2.00 bits per heavy atom. The number of hydrogen-bond acceptors (Lipinski definition) is 6. The number of rotatable bonds is 8. The smallest absolute Gasteiger partial charge is 0.326 e. The quantitative estimate of drug-likeness (QED) is 0.563. The first-order valence-corrected chi connectivity index (χ1v) is 9.25. The van der Waals surface area contributed by atoms with E-state index >= 15 is 0 Å². The van der Waals surface area contributed by atoms with Crippen molar-refractivity contribution in [3.63, 3.8) is 0 Å². The second-order valence-corrected chi connectivity index (χ2v) is 6.83. The molecule has 1 heterocycles. The van der Waals surface area contributed by atoms with Gasteiger partial charge in [0, 0.05) is 18.5 Å². The summed E-state index contributed by atoms with van der Waals surface area (Å²) < 4.78 is 34.1. The van der Waals surface area contributed by atoms with Crippen molar-refractivity contribution >= 4 is 22.4 Å². The Hall–Kier alpha value is -2.94. The second kappa shape index (κ2) is 8.95. The third-order valence-electron chi connectivity index (χ3n) is 3.30. The van der Waals surface area contributed by atoms with Crippen LogP contribution in [0, 0.1) is 6.92 Å². The third-order valence-corrected chi connectivity index (χ3v) is 4.60. The van der Waals surface area contributed by atoms with Crippen LogP contribution in [0.25, 0.3) is 0 Å². The summed E-state index contributed by atoms with van der Waals surface area (Å²) in [5, 5.41) is 0. The molecule has 9 heteroatoms. The molecule has 0 aliphatic rings. The Morgan fingerprint density at radius 3 is 2.62 bits per heavy atom. The Labute approximate surface area is 153 Å². The first-order chi connectivity index (χ1) is 12.5. The molecule has 0 aliphatic heterocycles. The van der Waals surface area contributed by atoms with Crippen LogP contribution in [-0.2, 0) is 16.8 Å². The van der Waals surface area contributed by atoms with Crippen LogP contribution in [0.1, 0.15) is 18.3 Å². The van der Waals surface area contributed by atoms with Crippen molar-refractivity contribution in [1.29, 1.82) is 0 Å². The molecule has 8 nitrogen and oxygen atoms in total. The van der Waals surface area contributed by atoms with Crippen LogP contribution in [0.2, 0.25) is 0 Å². The number of hydrogen-bond donors (Lipinski definition) is 1. The van der Waals surface area contributed by atoms with E-state index in [0.717, 1.165) is 16.2 Å². The van der Waals surface area contributed by atoms with E-state index in [4.69, 9.17) is 4.74 Å². The van der Waals surface area contributed by atoms with Crippen LogP contribution in [0.15, 0.2) is 53.8 Å². The lowest BCUT2D eigenvalue weighted by Crippen LogP contribution is -2.40. The van der Waals surface area contributed by atoms with Gasteiger partial charge in [-0.25, -0.2) is 19.3 Å². The number of nitrogens with one attached hydrogen (secondary N) is 1. The fraction of sp³-hybridized carbons (Fsp3) is 0.235. The van der Waals surface area contributed by atoms with Gasteiger partial charge in [0.05, 0.1) is 13.7 Å². The minimum atomic E-state index is -3.91. The van der Waals surface area contributed by atoms with Crippen LogP contribution in [0.3, 0.4) is 0 Å². The molecule has 0 radical (unpaired) electrons. The molecule has 2 aromatic rings. The van der Waals surface area contributed by atoms with Gasteiger partial charge in [0.1, 0.15) is 23.7 Å². The van der Waals surface area contributed by atoms with Gasteiger partial charge in [-0.15, -0.1) is 0 Å². The highest BCUT2D eigenvalue weighted by molar-refractivity contribution is 7.91. The van der Waals surface area contributed by atoms with Crippen molar-refractivity contribution in [3.8, 4) is 5.75 Å². The van der Waals surface area contributed by atoms with Crippen LogP contribution in [-0.4, -0.2) is 31.8 Å². The molecule has 0 unspecified atom stereocenters. The zero-order valence-corrected chi connectivity index (χ0v) is 15.6. The third kappa shape index (κ3) is 5.28. The van der Waals surface area contributed by atoms with Crippen molar-refractivity contribution in [2.75, 3.05) is 11.4 Å². The van der Waals surface area contributed by atoms with Gasteiger partial charge >= 0.3 is 10.2 Å². The molecular weight excluding hydrogens is 354 g/mol. The van der Waals surface area contributed by atoms with Crippen molar-refractivity contribution in [3.05, 3.63) is 60.2 Å². The summed E-state index contributed by atoms with van der Waals surface area (Å²) in [6.45, 7) is 3.57. The van der Waals surface area contributed by atoms with Crippen LogP contribution >= 0.6 is 0 Å². The number of aliphatic imine (C=N–C) groups is 1. The van der Waals surface area contributed by atoms with E-state index in [1.807, 2.05) is 0 Å². The number of aryl methyl sites for hydroxylation is 1. The number of ether oxygens (including phenoxy) is 1. The topological polar surface area (TPSA) is 96.8 Å². The number of allylic oxidation sites excluding steroid dienone is 1. The van der Waals surface area contributed by atoms with Gasteiger partial charge in [-0.05, 0) is 31.5 Å². The van der Waals surface area contributed by atoms with Crippen LogP contribution in [0.5, 0.6) is 5.75 Å². The Bertz CT molecular complexity index is 880. The lowest BCUT2D eigenvalue weighted by atomic mass is 10.2. The van der Waals surface area contributed by atoms with Gasteiger partial charge in [0.15, 0.2) is 0 Å². The molecule has 0 bridgehead atoms. The Morgan fingerprint density at radius 1 is 1.27 bits per heavy atom. The monoisotopic (exact) mass is 375 g/mol. The molecule has 1 aromatic heterocycles. The number of anilines is 1. The summed E-state index contributed by atoms with van der Waals surface area (Å²) in [5.41, 5.74) is 0.776. The minimum Gasteiger partial charge on any atom is -0.497 e. The fourth-order valence-corrected chi connectivity index (χ4v) is 3.05. The van der Waals surface area contributed by atoms with Crippen molar-refractivity contribution in [1.82, 2.24) is 14.7 Å². The molecule has 0 saturated heterocycles. The fourth-order valence-electron chi connectivity index (χ4n) is 2.06. The van der Waals surface area contributed by atoms with Gasteiger partial charge < -0.3 is 4.74 Å². The number of methoxy groups -OCH3 is 1. The summed E-state index contributed by atoms with van der Waals surface area (Å²) in [5.74, 6) is 1.43. The predicted octanol–water partition coefficient (Wildman–Crippen LogP) is 2.20. The lowest BCUT2D eigenvalue weighted by molar-refractivity contribution is 0.414. The maximum Gasteiger partial charge on any atom is 0.326 e. The molecule has 0 fully saturated rings. The minimum absolute atomic E-state index is 0.0905. The van der Waals surface area contributed by atoms with E-state index in [0.29, 0.717) is 11.6 Å². The molecule has 2 rings (SSSR count).